The van der Waals surface area contributed by atoms with Crippen LogP contribution in [0.3, 0.4) is 0 Å². The molecule has 3 rings (SSSR count). The molecule has 156 valence electrons. The fraction of sp³-hybridized carbons (Fsp3) is 0.409. The summed E-state index contributed by atoms with van der Waals surface area (Å²) >= 11 is 0. The van der Waals surface area contributed by atoms with Crippen molar-refractivity contribution in [1.82, 2.24) is 5.32 Å². The van der Waals surface area contributed by atoms with Gasteiger partial charge in [0.1, 0.15) is 32.7 Å². The van der Waals surface area contributed by atoms with Gasteiger partial charge in [-0.05, 0) is 24.3 Å². The number of hydrogen-bond donors (Lipinski definition) is 3. The van der Waals surface area contributed by atoms with E-state index in [1.165, 1.54) is 17.7 Å². The van der Waals surface area contributed by atoms with E-state index in [2.05, 4.69) is 29.6 Å². The van der Waals surface area contributed by atoms with Gasteiger partial charge in [-0.3, -0.25) is 4.79 Å². The maximum Gasteiger partial charge on any atom is 0.416 e. The van der Waals surface area contributed by atoms with Crippen LogP contribution in [0, 0.1) is 0 Å². The number of piperazine rings is 1. The highest BCUT2D eigenvalue weighted by Crippen LogP contribution is 2.29. The second-order valence-corrected chi connectivity index (χ2v) is 7.60. The van der Waals surface area contributed by atoms with Gasteiger partial charge in [-0.15, -0.1) is 0 Å². The Balaban J connectivity index is 1.32. The summed E-state index contributed by atoms with van der Waals surface area (Å²) < 4.78 is 37.7. The lowest BCUT2D eigenvalue weighted by molar-refractivity contribution is -1.02. The molecule has 1 heterocycles. The fourth-order valence-electron chi connectivity index (χ4n) is 3.72. The van der Waals surface area contributed by atoms with Crippen molar-refractivity contribution in [2.24, 2.45) is 0 Å². The van der Waals surface area contributed by atoms with E-state index in [1.807, 2.05) is 6.07 Å². The number of rotatable bonds is 7. The Morgan fingerprint density at radius 3 is 2.14 bits per heavy atom. The van der Waals surface area contributed by atoms with Gasteiger partial charge < -0.3 is 15.1 Å². The predicted octanol–water partition coefficient (Wildman–Crippen LogP) is 0.809. The molecule has 1 amide bonds. The van der Waals surface area contributed by atoms with Crippen molar-refractivity contribution in [2.45, 2.75) is 19.1 Å². The zero-order valence-corrected chi connectivity index (χ0v) is 16.4. The summed E-state index contributed by atoms with van der Waals surface area (Å²) in [5.74, 6) is -0.328. The molecule has 1 aliphatic heterocycles. The normalized spacial score (nSPS) is 19.7. The van der Waals surface area contributed by atoms with Crippen LogP contribution in [0.15, 0.2) is 54.6 Å². The quantitative estimate of drug-likeness (QED) is 0.584. The van der Waals surface area contributed by atoms with Crippen LogP contribution in [0.5, 0.6) is 0 Å². The third-order valence-electron chi connectivity index (χ3n) is 5.43. The van der Waals surface area contributed by atoms with Crippen LogP contribution < -0.4 is 15.1 Å². The first-order valence-electron chi connectivity index (χ1n) is 10.1. The van der Waals surface area contributed by atoms with E-state index in [0.29, 0.717) is 6.54 Å². The van der Waals surface area contributed by atoms with Gasteiger partial charge in [0.25, 0.3) is 5.91 Å². The SMILES string of the molecule is O=C(NCCC[NH+]1CC[NH+](Cc2ccccc2)CC1)c1ccc(C(F)(F)F)cc1. The summed E-state index contributed by atoms with van der Waals surface area (Å²) in [7, 11) is 0. The number of nitrogens with one attached hydrogen (secondary N) is 3. The van der Waals surface area contributed by atoms with E-state index in [4.69, 9.17) is 0 Å². The van der Waals surface area contributed by atoms with Crippen molar-refractivity contribution >= 4 is 5.91 Å². The van der Waals surface area contributed by atoms with Gasteiger partial charge in [-0.1, -0.05) is 30.3 Å². The van der Waals surface area contributed by atoms with Crippen molar-refractivity contribution in [3.05, 3.63) is 71.3 Å². The molecule has 29 heavy (non-hydrogen) atoms. The minimum Gasteiger partial charge on any atom is -0.352 e. The second kappa shape index (κ2) is 9.89. The van der Waals surface area contributed by atoms with Crippen LogP contribution in [0.2, 0.25) is 0 Å². The second-order valence-electron chi connectivity index (χ2n) is 7.60. The number of alkyl halides is 3. The smallest absolute Gasteiger partial charge is 0.352 e. The number of benzene rings is 2. The first-order valence-corrected chi connectivity index (χ1v) is 10.1. The Hall–Kier alpha value is -2.38. The molecule has 2 aromatic rings. The van der Waals surface area contributed by atoms with E-state index in [-0.39, 0.29) is 11.5 Å². The molecule has 0 bridgehead atoms. The number of amides is 1. The molecule has 0 aromatic heterocycles. The summed E-state index contributed by atoms with van der Waals surface area (Å²) in [4.78, 5) is 15.2. The highest BCUT2D eigenvalue weighted by molar-refractivity contribution is 5.94. The number of hydrogen-bond acceptors (Lipinski definition) is 1. The minimum atomic E-state index is -4.38. The van der Waals surface area contributed by atoms with Gasteiger partial charge in [0.15, 0.2) is 0 Å². The van der Waals surface area contributed by atoms with Crippen molar-refractivity contribution in [3.63, 3.8) is 0 Å². The monoisotopic (exact) mass is 407 g/mol. The molecular weight excluding hydrogens is 379 g/mol. The van der Waals surface area contributed by atoms with E-state index in [1.54, 1.807) is 9.80 Å². The molecule has 1 fully saturated rings. The molecule has 3 N–H and O–H groups in total. The molecular formula is C22H28F3N3O+2. The summed E-state index contributed by atoms with van der Waals surface area (Å²) in [5.41, 5.74) is 0.881. The van der Waals surface area contributed by atoms with Crippen molar-refractivity contribution in [1.29, 1.82) is 0 Å². The van der Waals surface area contributed by atoms with Crippen molar-refractivity contribution in [3.8, 4) is 0 Å². The van der Waals surface area contributed by atoms with E-state index < -0.39 is 11.7 Å². The highest BCUT2D eigenvalue weighted by Gasteiger charge is 2.30. The van der Waals surface area contributed by atoms with Crippen molar-refractivity contribution < 1.29 is 27.8 Å². The molecule has 0 aliphatic carbocycles. The molecule has 1 aliphatic rings. The van der Waals surface area contributed by atoms with Gasteiger partial charge in [-0.25, -0.2) is 0 Å². The zero-order chi connectivity index (χ0) is 20.7. The molecule has 0 spiro atoms. The Bertz CT molecular complexity index is 770. The first kappa shape index (κ1) is 21.3. The molecule has 4 nitrogen and oxygen atoms in total. The van der Waals surface area contributed by atoms with E-state index in [0.717, 1.165) is 57.8 Å². The lowest BCUT2D eigenvalue weighted by Crippen LogP contribution is -3.27. The third-order valence-corrected chi connectivity index (χ3v) is 5.43. The summed E-state index contributed by atoms with van der Waals surface area (Å²) in [5, 5.41) is 2.80. The van der Waals surface area contributed by atoms with E-state index >= 15 is 0 Å². The predicted molar refractivity (Wildman–Crippen MR) is 105 cm³/mol. The molecule has 1 saturated heterocycles. The fourth-order valence-corrected chi connectivity index (χ4v) is 3.72. The summed E-state index contributed by atoms with van der Waals surface area (Å²) in [6.45, 7) is 7.11. The van der Waals surface area contributed by atoms with Crippen LogP contribution >= 0.6 is 0 Å². The first-order chi connectivity index (χ1) is 13.9. The summed E-state index contributed by atoms with van der Waals surface area (Å²) in [6, 6.07) is 14.9. The number of carbonyl (C=O) groups is 1. The maximum absolute atomic E-state index is 12.6. The Kier molecular flexibility index (Phi) is 7.28. The van der Waals surface area contributed by atoms with Crippen LogP contribution in [-0.4, -0.2) is 45.2 Å². The molecule has 0 atom stereocenters. The minimum absolute atomic E-state index is 0.253. The number of halogens is 3. The zero-order valence-electron chi connectivity index (χ0n) is 16.4. The molecule has 7 heteroatoms. The van der Waals surface area contributed by atoms with E-state index in [9.17, 15) is 18.0 Å². The average Bonchev–Trinajstić information content (AvgIpc) is 2.72. The summed E-state index contributed by atoms with van der Waals surface area (Å²) in [6.07, 6.45) is -3.53. The standard InChI is InChI=1S/C22H26F3N3O/c23-22(24,25)20-9-7-19(8-10-20)21(29)26-11-4-12-27-13-15-28(16-14-27)17-18-5-2-1-3-6-18/h1-3,5-10H,4,11-17H2,(H,26,29)/p+2. The van der Waals surface area contributed by atoms with Gasteiger partial charge in [0.2, 0.25) is 0 Å². The highest BCUT2D eigenvalue weighted by atomic mass is 19.4. The average molecular weight is 407 g/mol. The maximum atomic E-state index is 12.6. The van der Waals surface area contributed by atoms with Crippen LogP contribution in [0.1, 0.15) is 27.9 Å². The van der Waals surface area contributed by atoms with Gasteiger partial charge >= 0.3 is 6.18 Å². The third kappa shape index (κ3) is 6.58. The largest absolute Gasteiger partial charge is 0.416 e. The molecule has 0 saturated carbocycles. The molecule has 0 unspecified atom stereocenters. The van der Waals surface area contributed by atoms with Crippen LogP contribution in [0.25, 0.3) is 0 Å². The van der Waals surface area contributed by atoms with Crippen LogP contribution in [-0.2, 0) is 12.7 Å². The Morgan fingerprint density at radius 2 is 1.52 bits per heavy atom. The molecule has 0 radical (unpaired) electrons. The van der Waals surface area contributed by atoms with Gasteiger partial charge in [-0.2, -0.15) is 13.2 Å². The van der Waals surface area contributed by atoms with Gasteiger partial charge in [0.05, 0.1) is 12.1 Å². The Labute approximate surface area is 169 Å². The Morgan fingerprint density at radius 1 is 0.897 bits per heavy atom. The lowest BCUT2D eigenvalue weighted by Gasteiger charge is -2.29. The van der Waals surface area contributed by atoms with Gasteiger partial charge in [0, 0.05) is 24.1 Å². The topological polar surface area (TPSA) is 38.0 Å². The number of quaternary nitrogens is 2. The van der Waals surface area contributed by atoms with Crippen LogP contribution in [0.4, 0.5) is 13.2 Å². The molecule has 2 aromatic carbocycles. The lowest BCUT2D eigenvalue weighted by atomic mass is 10.1. The van der Waals surface area contributed by atoms with Crippen molar-refractivity contribution in [2.75, 3.05) is 39.3 Å². The number of carbonyl (C=O) groups excluding carboxylic acids is 1.